The Morgan fingerprint density at radius 2 is 1.65 bits per heavy atom. The molecule has 0 saturated heterocycles. The first-order valence-corrected chi connectivity index (χ1v) is 8.39. The number of quaternary nitrogens is 1. The van der Waals surface area contributed by atoms with E-state index in [1.54, 1.807) is 36.4 Å². The zero-order valence-corrected chi connectivity index (χ0v) is 14.1. The fraction of sp³-hybridized carbons (Fsp3) is 0.133. The maximum atomic E-state index is 12.5. The number of hydrogen-bond donors (Lipinski definition) is 2. The van der Waals surface area contributed by atoms with Gasteiger partial charge in [0, 0.05) is 6.07 Å². The number of halogens is 1. The van der Waals surface area contributed by atoms with Gasteiger partial charge in [-0.05, 0) is 18.2 Å². The molecule has 0 aliphatic heterocycles. The Kier molecular flexibility index (Phi) is 4.76. The first-order valence-electron chi connectivity index (χ1n) is 6.61. The fourth-order valence-electron chi connectivity index (χ4n) is 2.01. The van der Waals surface area contributed by atoms with Crippen LogP contribution in [-0.2, 0) is 10.3 Å². The molecule has 0 radical (unpaired) electrons. The van der Waals surface area contributed by atoms with Crippen molar-refractivity contribution in [3.63, 3.8) is 0 Å². The second-order valence-electron chi connectivity index (χ2n) is 5.25. The van der Waals surface area contributed by atoms with Crippen molar-refractivity contribution in [3.8, 4) is 0 Å². The highest BCUT2D eigenvalue weighted by atomic mass is 35.5. The molecule has 0 aliphatic rings. The van der Waals surface area contributed by atoms with E-state index in [0.717, 1.165) is 0 Å². The number of carbonyl (C=O) groups excluding carboxylic acids is 1. The van der Waals surface area contributed by atoms with E-state index in [0.29, 0.717) is 10.7 Å². The highest BCUT2D eigenvalue weighted by molar-refractivity contribution is 7.85. The van der Waals surface area contributed by atoms with Crippen molar-refractivity contribution < 1.29 is 17.8 Å². The minimum absolute atomic E-state index is 0.120. The van der Waals surface area contributed by atoms with Gasteiger partial charge in [-0.3, -0.25) is 4.79 Å². The molecule has 0 fully saturated rings. The van der Waals surface area contributed by atoms with Gasteiger partial charge in [0.25, 0.3) is 5.91 Å². The first kappa shape index (κ1) is 17.4. The average molecular weight is 356 g/mol. The Bertz CT molecular complexity index is 850. The number of amides is 1. The molecule has 122 valence electrons. The lowest BCUT2D eigenvalue weighted by Gasteiger charge is -2.25. The fourth-order valence-corrected chi connectivity index (χ4v) is 2.60. The van der Waals surface area contributed by atoms with Gasteiger partial charge in [-0.1, -0.05) is 35.9 Å². The van der Waals surface area contributed by atoms with Gasteiger partial charge < -0.3 is 5.32 Å². The molecule has 2 aromatic carbocycles. The number of nitrogens with zero attached hydrogens (tertiary/aromatic N) is 1. The minimum atomic E-state index is -4.46. The molecule has 8 heteroatoms. The molecule has 0 spiro atoms. The molecular formula is C15H16ClN2O4S+. The van der Waals surface area contributed by atoms with Crippen LogP contribution in [0.5, 0.6) is 0 Å². The van der Waals surface area contributed by atoms with E-state index in [4.69, 9.17) is 11.6 Å². The van der Waals surface area contributed by atoms with Crippen LogP contribution in [0, 0.1) is 0 Å². The summed E-state index contributed by atoms with van der Waals surface area (Å²) in [6.45, 7) is 0. The maximum absolute atomic E-state index is 12.5. The van der Waals surface area contributed by atoms with Crippen LogP contribution >= 0.6 is 11.6 Å². The largest absolute Gasteiger partial charge is 0.437 e. The predicted octanol–water partition coefficient (Wildman–Crippen LogP) is 2.96. The van der Waals surface area contributed by atoms with Gasteiger partial charge in [0.05, 0.1) is 24.8 Å². The molecule has 2 aromatic rings. The number of carbonyl (C=O) groups is 1. The highest BCUT2D eigenvalue weighted by Gasteiger charge is 2.37. The topological polar surface area (TPSA) is 83.5 Å². The summed E-state index contributed by atoms with van der Waals surface area (Å²) >= 11 is 6.00. The Labute approximate surface area is 139 Å². The van der Waals surface area contributed by atoms with Gasteiger partial charge >= 0.3 is 10.3 Å². The Balaban J connectivity index is 2.46. The average Bonchev–Trinajstić information content (AvgIpc) is 2.48. The van der Waals surface area contributed by atoms with Crippen LogP contribution in [0.1, 0.15) is 10.4 Å². The molecule has 2 N–H and O–H groups in total. The molecule has 1 amide bonds. The molecular weight excluding hydrogens is 340 g/mol. The molecule has 2 rings (SSSR count). The Morgan fingerprint density at radius 3 is 2.26 bits per heavy atom. The smallest absolute Gasteiger partial charge is 0.320 e. The summed E-state index contributed by atoms with van der Waals surface area (Å²) in [7, 11) is -1.91. The first-order chi connectivity index (χ1) is 10.6. The molecule has 0 bridgehead atoms. The van der Waals surface area contributed by atoms with Gasteiger partial charge in [0.1, 0.15) is 5.56 Å². The van der Waals surface area contributed by atoms with Crippen LogP contribution in [0.15, 0.2) is 48.5 Å². The third-order valence-electron chi connectivity index (χ3n) is 3.43. The third kappa shape index (κ3) is 3.53. The van der Waals surface area contributed by atoms with Crippen LogP contribution < -0.4 is 9.21 Å². The summed E-state index contributed by atoms with van der Waals surface area (Å²) < 4.78 is 31.8. The van der Waals surface area contributed by atoms with Gasteiger partial charge in [0.2, 0.25) is 0 Å². The molecule has 0 aliphatic carbocycles. The molecule has 0 heterocycles. The van der Waals surface area contributed by atoms with Crippen molar-refractivity contribution in [2.75, 3.05) is 19.4 Å². The Hall–Kier alpha value is -1.93. The van der Waals surface area contributed by atoms with Crippen molar-refractivity contribution in [2.45, 2.75) is 0 Å². The van der Waals surface area contributed by atoms with Crippen molar-refractivity contribution in [1.82, 2.24) is 3.89 Å². The summed E-state index contributed by atoms with van der Waals surface area (Å²) in [5.41, 5.74) is 0.667. The molecule has 6 nitrogen and oxygen atoms in total. The van der Waals surface area contributed by atoms with Crippen LogP contribution in [0.4, 0.5) is 11.4 Å². The lowest BCUT2D eigenvalue weighted by atomic mass is 10.1. The summed E-state index contributed by atoms with van der Waals surface area (Å²) in [4.78, 5) is 12.5. The normalized spacial score (nSPS) is 12.0. The molecule has 0 saturated carbocycles. The summed E-state index contributed by atoms with van der Waals surface area (Å²) in [6.07, 6.45) is 0. The van der Waals surface area contributed by atoms with E-state index >= 15 is 0 Å². The van der Waals surface area contributed by atoms with Crippen molar-refractivity contribution in [1.29, 1.82) is 0 Å². The number of hydrogen-bond acceptors (Lipinski definition) is 3. The van der Waals surface area contributed by atoms with E-state index in [-0.39, 0.29) is 11.3 Å². The molecule has 0 unspecified atom stereocenters. The second kappa shape index (κ2) is 6.29. The number of rotatable bonds is 4. The standard InChI is InChI=1S/C15H15ClN2O4S/c1-18(2,23(20,21)22)14-10-6-3-7-11(14)15(19)17-13-9-5-4-8-12(13)16/h3-10H,1-2H3,(H-,17,19,20,21,22)/p+1. The van der Waals surface area contributed by atoms with Gasteiger partial charge in [0.15, 0.2) is 5.69 Å². The van der Waals surface area contributed by atoms with Crippen LogP contribution in [0.3, 0.4) is 0 Å². The van der Waals surface area contributed by atoms with E-state index in [2.05, 4.69) is 5.32 Å². The highest BCUT2D eigenvalue weighted by Crippen LogP contribution is 2.28. The Morgan fingerprint density at radius 1 is 1.09 bits per heavy atom. The van der Waals surface area contributed by atoms with Gasteiger partial charge in [-0.15, -0.1) is 8.42 Å². The number of nitrogens with one attached hydrogen (secondary N) is 1. The van der Waals surface area contributed by atoms with Gasteiger partial charge in [-0.25, -0.2) is 4.55 Å². The lowest BCUT2D eigenvalue weighted by molar-refractivity contribution is 0.102. The number of anilines is 1. The minimum Gasteiger partial charge on any atom is -0.320 e. The SMILES string of the molecule is C[N+](C)(c1ccccc1C(=O)Nc1ccccc1Cl)S(=O)(=O)O. The van der Waals surface area contributed by atoms with Crippen LogP contribution in [0.2, 0.25) is 5.02 Å². The van der Waals surface area contributed by atoms with Crippen molar-refractivity contribution in [2.24, 2.45) is 0 Å². The third-order valence-corrected chi connectivity index (χ3v) is 5.11. The monoisotopic (exact) mass is 355 g/mol. The zero-order chi connectivity index (χ0) is 17.3. The number of benzene rings is 2. The number of para-hydroxylation sites is 2. The van der Waals surface area contributed by atoms with Crippen molar-refractivity contribution in [3.05, 3.63) is 59.1 Å². The van der Waals surface area contributed by atoms with E-state index in [9.17, 15) is 17.8 Å². The van der Waals surface area contributed by atoms with Crippen molar-refractivity contribution >= 4 is 39.2 Å². The predicted molar refractivity (Wildman–Crippen MR) is 91.0 cm³/mol. The molecule has 0 aromatic heterocycles. The summed E-state index contributed by atoms with van der Waals surface area (Å²) in [6, 6.07) is 12.8. The van der Waals surface area contributed by atoms with Crippen LogP contribution in [0.25, 0.3) is 0 Å². The molecule has 23 heavy (non-hydrogen) atoms. The van der Waals surface area contributed by atoms with E-state index in [1.807, 2.05) is 0 Å². The summed E-state index contributed by atoms with van der Waals surface area (Å²) in [5.74, 6) is -0.524. The summed E-state index contributed by atoms with van der Waals surface area (Å²) in [5, 5.41) is 3.00. The maximum Gasteiger partial charge on any atom is 0.437 e. The van der Waals surface area contributed by atoms with Gasteiger partial charge in [-0.2, -0.15) is 3.89 Å². The lowest BCUT2D eigenvalue weighted by Crippen LogP contribution is -2.47. The second-order valence-corrected chi connectivity index (χ2v) is 7.47. The van der Waals surface area contributed by atoms with E-state index in [1.165, 1.54) is 26.2 Å². The zero-order valence-electron chi connectivity index (χ0n) is 12.5. The van der Waals surface area contributed by atoms with E-state index < -0.39 is 20.1 Å². The molecule has 0 atom stereocenters. The van der Waals surface area contributed by atoms with Crippen LogP contribution in [-0.4, -0.2) is 33.0 Å². The quantitative estimate of drug-likeness (QED) is 0.652.